The van der Waals surface area contributed by atoms with Gasteiger partial charge in [0, 0.05) is 20.1 Å². The summed E-state index contributed by atoms with van der Waals surface area (Å²) in [6.45, 7) is 1.94. The van der Waals surface area contributed by atoms with E-state index in [9.17, 15) is 10.1 Å². The highest BCUT2D eigenvalue weighted by molar-refractivity contribution is 9.10. The Morgan fingerprint density at radius 2 is 1.94 bits per heavy atom. The van der Waals surface area contributed by atoms with E-state index in [0.717, 1.165) is 10.0 Å². The summed E-state index contributed by atoms with van der Waals surface area (Å²) < 4.78 is 14.2. The molecule has 170 valence electrons. The Hall–Kier alpha value is -3.48. The summed E-state index contributed by atoms with van der Waals surface area (Å²) in [5.74, 6) is 1.46. The van der Waals surface area contributed by atoms with Crippen LogP contribution in [0.5, 0.6) is 11.5 Å². The van der Waals surface area contributed by atoms with Crippen molar-refractivity contribution >= 4 is 49.0 Å². The second-order valence-corrected chi connectivity index (χ2v) is 9.03. The van der Waals surface area contributed by atoms with E-state index in [2.05, 4.69) is 48.0 Å². The van der Waals surface area contributed by atoms with Crippen LogP contribution < -0.4 is 15.0 Å². The number of aryl methyl sites for hydroxylation is 1. The van der Waals surface area contributed by atoms with Gasteiger partial charge in [0.2, 0.25) is 0 Å². The zero-order valence-electron chi connectivity index (χ0n) is 18.3. The van der Waals surface area contributed by atoms with Gasteiger partial charge in [-0.25, -0.2) is 4.98 Å². The zero-order valence-corrected chi connectivity index (χ0v) is 21.4. The second-order valence-electron chi connectivity index (χ2n) is 7.26. The molecule has 7 nitrogen and oxygen atoms in total. The monoisotopic (exact) mass is 580 g/mol. The second kappa shape index (κ2) is 10.2. The quantitative estimate of drug-likeness (QED) is 0.278. The lowest BCUT2D eigenvalue weighted by atomic mass is 10.1. The van der Waals surface area contributed by atoms with Gasteiger partial charge in [0.15, 0.2) is 11.5 Å². The van der Waals surface area contributed by atoms with E-state index in [0.29, 0.717) is 43.8 Å². The van der Waals surface area contributed by atoms with Gasteiger partial charge in [-0.2, -0.15) is 15.0 Å². The summed E-state index contributed by atoms with van der Waals surface area (Å²) in [4.78, 5) is 17.4. The zero-order chi connectivity index (χ0) is 24.2. The molecule has 1 heterocycles. The molecule has 0 unspecified atom stereocenters. The smallest absolute Gasteiger partial charge is 0.282 e. The van der Waals surface area contributed by atoms with Gasteiger partial charge < -0.3 is 9.47 Å². The van der Waals surface area contributed by atoms with Crippen LogP contribution in [0, 0.1) is 18.3 Å². The van der Waals surface area contributed by atoms with E-state index >= 15 is 0 Å². The highest BCUT2D eigenvalue weighted by atomic mass is 79.9. The highest BCUT2D eigenvalue weighted by Gasteiger charge is 2.12. The summed E-state index contributed by atoms with van der Waals surface area (Å²) in [5.41, 5.74) is 2.36. The molecule has 4 rings (SSSR count). The van der Waals surface area contributed by atoms with Crippen LogP contribution in [0.25, 0.3) is 10.9 Å². The molecule has 0 atom stereocenters. The largest absolute Gasteiger partial charge is 0.493 e. The number of ether oxygens (including phenoxy) is 2. The number of hydrogen-bond acceptors (Lipinski definition) is 6. The first-order valence-corrected chi connectivity index (χ1v) is 11.7. The van der Waals surface area contributed by atoms with Crippen LogP contribution in [0.4, 0.5) is 0 Å². The van der Waals surface area contributed by atoms with Crippen molar-refractivity contribution in [1.82, 2.24) is 9.66 Å². The third-order valence-electron chi connectivity index (χ3n) is 5.09. The molecule has 0 aliphatic rings. The number of nitrogens with zero attached hydrogens (tertiary/aromatic N) is 4. The van der Waals surface area contributed by atoms with Crippen molar-refractivity contribution in [2.75, 3.05) is 7.11 Å². The fourth-order valence-electron chi connectivity index (χ4n) is 3.35. The Morgan fingerprint density at radius 1 is 1.15 bits per heavy atom. The number of aromatic nitrogens is 2. The summed E-state index contributed by atoms with van der Waals surface area (Å²) >= 11 is 6.93. The lowest BCUT2D eigenvalue weighted by Crippen LogP contribution is -2.20. The minimum absolute atomic E-state index is 0.215. The Labute approximate surface area is 212 Å². The molecule has 1 aromatic heterocycles. The molecule has 0 fully saturated rings. The maximum Gasteiger partial charge on any atom is 0.282 e. The van der Waals surface area contributed by atoms with Crippen molar-refractivity contribution in [3.8, 4) is 17.6 Å². The molecule has 0 spiro atoms. The van der Waals surface area contributed by atoms with Crippen molar-refractivity contribution in [3.05, 3.63) is 96.4 Å². The van der Waals surface area contributed by atoms with E-state index in [1.165, 1.54) is 4.68 Å². The van der Waals surface area contributed by atoms with Crippen molar-refractivity contribution in [2.45, 2.75) is 13.5 Å². The maximum atomic E-state index is 13.0. The Morgan fingerprint density at radius 3 is 2.71 bits per heavy atom. The van der Waals surface area contributed by atoms with Gasteiger partial charge in [0.05, 0.1) is 35.9 Å². The molecular weight excluding hydrogens is 564 g/mol. The molecule has 0 amide bonds. The van der Waals surface area contributed by atoms with Gasteiger partial charge in [-0.05, 0) is 59.3 Å². The Kier molecular flexibility index (Phi) is 7.10. The first kappa shape index (κ1) is 23.7. The Bertz CT molecular complexity index is 1520. The number of fused-ring (bicyclic) bond motifs is 1. The molecule has 0 aliphatic carbocycles. The van der Waals surface area contributed by atoms with Crippen LogP contribution in [0.1, 0.15) is 22.5 Å². The number of halogens is 2. The van der Waals surface area contributed by atoms with Gasteiger partial charge in [-0.1, -0.05) is 34.1 Å². The molecule has 0 N–H and O–H groups in total. The summed E-state index contributed by atoms with van der Waals surface area (Å²) in [6, 6.07) is 18.3. The number of benzene rings is 3. The van der Waals surface area contributed by atoms with E-state index in [1.807, 2.05) is 24.3 Å². The maximum absolute atomic E-state index is 13.0. The fourth-order valence-corrected chi connectivity index (χ4v) is 4.13. The lowest BCUT2D eigenvalue weighted by Gasteiger charge is -2.13. The lowest BCUT2D eigenvalue weighted by molar-refractivity contribution is 0.284. The van der Waals surface area contributed by atoms with Gasteiger partial charge in [-0.15, -0.1) is 0 Å². The van der Waals surface area contributed by atoms with Crippen LogP contribution in [-0.4, -0.2) is 23.0 Å². The number of methoxy groups -OCH3 is 1. The van der Waals surface area contributed by atoms with Gasteiger partial charge >= 0.3 is 0 Å². The first-order chi connectivity index (χ1) is 16.4. The summed E-state index contributed by atoms with van der Waals surface area (Å²) in [7, 11) is 1.54. The summed E-state index contributed by atoms with van der Waals surface area (Å²) in [6.07, 6.45) is 1.56. The number of rotatable bonds is 6. The molecular formula is C25H18Br2N4O3. The SMILES string of the molecule is COc1cc(C=Nn2c(C)nc3ccc(Br)cc3c2=O)c(Br)cc1OCc1ccccc1C#N. The topological polar surface area (TPSA) is 89.5 Å². The van der Waals surface area contributed by atoms with E-state index < -0.39 is 0 Å². The molecule has 9 heteroatoms. The van der Waals surface area contributed by atoms with Gasteiger partial charge in [0.1, 0.15) is 12.4 Å². The van der Waals surface area contributed by atoms with Crippen molar-refractivity contribution < 1.29 is 9.47 Å². The molecule has 3 aromatic carbocycles. The minimum Gasteiger partial charge on any atom is -0.493 e. The molecule has 0 radical (unpaired) electrons. The van der Waals surface area contributed by atoms with Crippen LogP contribution >= 0.6 is 31.9 Å². The average Bonchev–Trinajstić information content (AvgIpc) is 2.84. The molecule has 0 saturated carbocycles. The predicted octanol–water partition coefficient (Wildman–Crippen LogP) is 5.57. The number of nitriles is 1. The third kappa shape index (κ3) is 4.88. The predicted molar refractivity (Wildman–Crippen MR) is 138 cm³/mol. The molecule has 34 heavy (non-hydrogen) atoms. The first-order valence-electron chi connectivity index (χ1n) is 10.1. The minimum atomic E-state index is -0.265. The van der Waals surface area contributed by atoms with Gasteiger partial charge in [0.25, 0.3) is 5.56 Å². The average molecular weight is 582 g/mol. The van der Waals surface area contributed by atoms with Crippen molar-refractivity contribution in [3.63, 3.8) is 0 Å². The molecule has 0 saturated heterocycles. The third-order valence-corrected chi connectivity index (χ3v) is 6.27. The molecule has 0 bridgehead atoms. The standard InChI is InChI=1S/C25H18Br2N4O3/c1-15-30-22-8-7-19(26)10-20(22)25(32)31(15)29-13-18-9-23(33-2)24(11-21(18)27)34-14-17-6-4-3-5-16(17)12-28/h3-11,13H,14H2,1-2H3. The fraction of sp³-hybridized carbons (Fsp3) is 0.120. The van der Waals surface area contributed by atoms with E-state index in [-0.39, 0.29) is 12.2 Å². The van der Waals surface area contributed by atoms with Crippen molar-refractivity contribution in [2.24, 2.45) is 5.10 Å². The highest BCUT2D eigenvalue weighted by Crippen LogP contribution is 2.33. The summed E-state index contributed by atoms with van der Waals surface area (Å²) in [5, 5.41) is 14.1. The van der Waals surface area contributed by atoms with Gasteiger partial charge in [-0.3, -0.25) is 4.79 Å². The van der Waals surface area contributed by atoms with Crippen LogP contribution in [0.2, 0.25) is 0 Å². The van der Waals surface area contributed by atoms with Crippen molar-refractivity contribution in [1.29, 1.82) is 5.26 Å². The molecule has 4 aromatic rings. The van der Waals surface area contributed by atoms with Crippen LogP contribution in [0.3, 0.4) is 0 Å². The van der Waals surface area contributed by atoms with E-state index in [1.54, 1.807) is 50.6 Å². The normalized spacial score (nSPS) is 11.0. The van der Waals surface area contributed by atoms with E-state index in [4.69, 9.17) is 9.47 Å². The molecule has 0 aliphatic heterocycles. The van der Waals surface area contributed by atoms with Crippen LogP contribution in [0.15, 0.2) is 73.4 Å². The number of hydrogen-bond donors (Lipinski definition) is 0. The van der Waals surface area contributed by atoms with Crippen LogP contribution in [-0.2, 0) is 6.61 Å². The Balaban J connectivity index is 1.65.